The van der Waals surface area contributed by atoms with E-state index in [1.165, 1.54) is 7.11 Å². The predicted molar refractivity (Wildman–Crippen MR) is 88.6 cm³/mol. The summed E-state index contributed by atoms with van der Waals surface area (Å²) in [6.45, 7) is 5.86. The minimum absolute atomic E-state index is 0.0671. The standard InChI is InChI=1S/C19H20O3/c1-12-10-13(2)16(14(3)11-12)17(19(21)22-4)18(20)15-8-6-5-7-9-15/h5-11,20H,1-4H3/b18-17+. The van der Waals surface area contributed by atoms with E-state index in [2.05, 4.69) is 0 Å². The van der Waals surface area contributed by atoms with Crippen LogP contribution in [0.2, 0.25) is 0 Å². The summed E-state index contributed by atoms with van der Waals surface area (Å²) in [7, 11) is 1.32. The van der Waals surface area contributed by atoms with Crippen molar-refractivity contribution in [2.75, 3.05) is 7.11 Å². The van der Waals surface area contributed by atoms with Gasteiger partial charge >= 0.3 is 5.97 Å². The van der Waals surface area contributed by atoms with Gasteiger partial charge in [-0.05, 0) is 37.5 Å². The number of carbonyl (C=O) groups is 1. The van der Waals surface area contributed by atoms with Crippen molar-refractivity contribution in [2.24, 2.45) is 0 Å². The Labute approximate surface area is 130 Å². The zero-order valence-corrected chi connectivity index (χ0v) is 13.3. The average molecular weight is 296 g/mol. The lowest BCUT2D eigenvalue weighted by atomic mass is 9.91. The number of ether oxygens (including phenoxy) is 1. The minimum atomic E-state index is -0.545. The molecule has 0 amide bonds. The first-order valence-electron chi connectivity index (χ1n) is 7.11. The molecule has 2 aromatic rings. The Bertz CT molecular complexity index is 705. The lowest BCUT2D eigenvalue weighted by molar-refractivity contribution is -0.133. The first-order valence-corrected chi connectivity index (χ1v) is 7.11. The summed E-state index contributed by atoms with van der Waals surface area (Å²) < 4.78 is 4.89. The van der Waals surface area contributed by atoms with Crippen molar-refractivity contribution >= 4 is 17.3 Å². The maximum atomic E-state index is 12.3. The Balaban J connectivity index is 2.75. The highest BCUT2D eigenvalue weighted by atomic mass is 16.5. The van der Waals surface area contributed by atoms with Gasteiger partial charge in [0.05, 0.1) is 7.11 Å². The Kier molecular flexibility index (Phi) is 4.66. The molecule has 114 valence electrons. The summed E-state index contributed by atoms with van der Waals surface area (Å²) in [5.74, 6) is -0.612. The van der Waals surface area contributed by atoms with Crippen LogP contribution in [0.4, 0.5) is 0 Å². The van der Waals surface area contributed by atoms with Crippen molar-refractivity contribution in [3.63, 3.8) is 0 Å². The Morgan fingerprint density at radius 1 is 1.00 bits per heavy atom. The molecule has 0 atom stereocenters. The van der Waals surface area contributed by atoms with Gasteiger partial charge in [0.2, 0.25) is 0 Å². The smallest absolute Gasteiger partial charge is 0.342 e. The first kappa shape index (κ1) is 15.8. The molecule has 0 aliphatic heterocycles. The Morgan fingerprint density at radius 3 is 2.05 bits per heavy atom. The number of esters is 1. The first-order chi connectivity index (χ1) is 10.5. The van der Waals surface area contributed by atoms with Crippen molar-refractivity contribution in [2.45, 2.75) is 20.8 Å². The topological polar surface area (TPSA) is 46.5 Å². The number of benzene rings is 2. The summed E-state index contributed by atoms with van der Waals surface area (Å²) in [6.07, 6.45) is 0. The second-order valence-electron chi connectivity index (χ2n) is 5.35. The summed E-state index contributed by atoms with van der Waals surface area (Å²) in [6, 6.07) is 13.0. The van der Waals surface area contributed by atoms with E-state index in [0.29, 0.717) is 5.56 Å². The summed E-state index contributed by atoms with van der Waals surface area (Å²) in [5, 5.41) is 10.6. The number of methoxy groups -OCH3 is 1. The van der Waals surface area contributed by atoms with Gasteiger partial charge in [0, 0.05) is 5.56 Å². The molecule has 3 nitrogen and oxygen atoms in total. The zero-order valence-electron chi connectivity index (χ0n) is 13.3. The molecule has 0 aliphatic rings. The van der Waals surface area contributed by atoms with E-state index in [0.717, 1.165) is 22.3 Å². The van der Waals surface area contributed by atoms with Crippen LogP contribution < -0.4 is 0 Å². The molecule has 0 bridgehead atoms. The fraction of sp³-hybridized carbons (Fsp3) is 0.211. The Hall–Kier alpha value is -2.55. The van der Waals surface area contributed by atoms with Crippen LogP contribution in [0.3, 0.4) is 0 Å². The molecule has 0 saturated carbocycles. The zero-order chi connectivity index (χ0) is 16.3. The van der Waals surface area contributed by atoms with Crippen LogP contribution in [0.25, 0.3) is 11.3 Å². The number of rotatable bonds is 3. The van der Waals surface area contributed by atoms with Crippen molar-refractivity contribution in [3.05, 3.63) is 70.3 Å². The van der Waals surface area contributed by atoms with Crippen molar-refractivity contribution in [3.8, 4) is 0 Å². The molecule has 2 aromatic carbocycles. The van der Waals surface area contributed by atoms with Crippen LogP contribution in [0, 0.1) is 20.8 Å². The number of hydrogen-bond donors (Lipinski definition) is 1. The molecule has 2 rings (SSSR count). The SMILES string of the molecule is COC(=O)/C(=C(/O)c1ccccc1)c1c(C)cc(C)cc1C. The predicted octanol–water partition coefficient (Wildman–Crippen LogP) is 4.21. The molecule has 0 aromatic heterocycles. The van der Waals surface area contributed by atoms with E-state index in [9.17, 15) is 9.90 Å². The average Bonchev–Trinajstić information content (AvgIpc) is 2.50. The molecule has 0 unspecified atom stereocenters. The summed E-state index contributed by atoms with van der Waals surface area (Å²) >= 11 is 0. The second kappa shape index (κ2) is 6.48. The van der Waals surface area contributed by atoms with Crippen molar-refractivity contribution in [1.29, 1.82) is 0 Å². The van der Waals surface area contributed by atoms with Crippen LogP contribution in [-0.4, -0.2) is 18.2 Å². The van der Waals surface area contributed by atoms with Gasteiger partial charge in [-0.1, -0.05) is 48.0 Å². The van der Waals surface area contributed by atoms with E-state index >= 15 is 0 Å². The van der Waals surface area contributed by atoms with Crippen LogP contribution in [0.15, 0.2) is 42.5 Å². The second-order valence-corrected chi connectivity index (χ2v) is 5.35. The lowest BCUT2D eigenvalue weighted by Gasteiger charge is -2.15. The summed E-state index contributed by atoms with van der Waals surface area (Å²) in [4.78, 5) is 12.3. The Morgan fingerprint density at radius 2 is 1.55 bits per heavy atom. The highest BCUT2D eigenvalue weighted by Gasteiger charge is 2.23. The van der Waals surface area contributed by atoms with Crippen LogP contribution in [-0.2, 0) is 9.53 Å². The number of aliphatic hydroxyl groups excluding tert-OH is 1. The van der Waals surface area contributed by atoms with Gasteiger partial charge < -0.3 is 9.84 Å². The molecule has 0 fully saturated rings. The van der Waals surface area contributed by atoms with Crippen LogP contribution in [0.1, 0.15) is 27.8 Å². The van der Waals surface area contributed by atoms with Gasteiger partial charge in [-0.15, -0.1) is 0 Å². The molecule has 22 heavy (non-hydrogen) atoms. The molecule has 0 aliphatic carbocycles. The number of carbonyl (C=O) groups excluding carboxylic acids is 1. The normalized spacial score (nSPS) is 11.8. The quantitative estimate of drug-likeness (QED) is 0.399. The van der Waals surface area contributed by atoms with Crippen molar-refractivity contribution in [1.82, 2.24) is 0 Å². The van der Waals surface area contributed by atoms with Gasteiger partial charge in [-0.3, -0.25) is 0 Å². The van der Waals surface area contributed by atoms with E-state index in [1.54, 1.807) is 12.1 Å². The third-order valence-electron chi connectivity index (χ3n) is 3.60. The molecular formula is C19H20O3. The van der Waals surface area contributed by atoms with E-state index < -0.39 is 5.97 Å². The van der Waals surface area contributed by atoms with Gasteiger partial charge in [-0.2, -0.15) is 0 Å². The van der Waals surface area contributed by atoms with E-state index in [1.807, 2.05) is 51.1 Å². The van der Waals surface area contributed by atoms with Crippen LogP contribution >= 0.6 is 0 Å². The third kappa shape index (κ3) is 3.03. The maximum Gasteiger partial charge on any atom is 0.342 e. The lowest BCUT2D eigenvalue weighted by Crippen LogP contribution is -2.10. The van der Waals surface area contributed by atoms with Gasteiger partial charge in [0.15, 0.2) is 0 Å². The molecule has 3 heteroatoms. The van der Waals surface area contributed by atoms with E-state index in [-0.39, 0.29) is 11.3 Å². The minimum Gasteiger partial charge on any atom is -0.506 e. The fourth-order valence-electron chi connectivity index (χ4n) is 2.73. The molecule has 0 spiro atoms. The van der Waals surface area contributed by atoms with Gasteiger partial charge in [0.1, 0.15) is 11.3 Å². The van der Waals surface area contributed by atoms with Gasteiger partial charge in [0.25, 0.3) is 0 Å². The van der Waals surface area contributed by atoms with Crippen molar-refractivity contribution < 1.29 is 14.6 Å². The van der Waals surface area contributed by atoms with E-state index in [4.69, 9.17) is 4.74 Å². The number of aliphatic hydroxyl groups is 1. The monoisotopic (exact) mass is 296 g/mol. The highest BCUT2D eigenvalue weighted by Crippen LogP contribution is 2.31. The third-order valence-corrected chi connectivity index (χ3v) is 3.60. The molecule has 0 radical (unpaired) electrons. The molecule has 0 heterocycles. The van der Waals surface area contributed by atoms with Crippen LogP contribution in [0.5, 0.6) is 0 Å². The highest BCUT2D eigenvalue weighted by molar-refractivity contribution is 6.24. The fourth-order valence-corrected chi connectivity index (χ4v) is 2.73. The summed E-state index contributed by atoms with van der Waals surface area (Å²) in [5.41, 5.74) is 4.48. The maximum absolute atomic E-state index is 12.3. The molecule has 1 N–H and O–H groups in total. The number of aryl methyl sites for hydroxylation is 3. The van der Waals surface area contributed by atoms with Gasteiger partial charge in [-0.25, -0.2) is 4.79 Å². The largest absolute Gasteiger partial charge is 0.506 e. The number of hydrogen-bond acceptors (Lipinski definition) is 3. The molecule has 0 saturated heterocycles. The molecular weight excluding hydrogens is 276 g/mol.